The van der Waals surface area contributed by atoms with Gasteiger partial charge in [0.05, 0.1) is 12.7 Å². The number of hydrogen-bond donors (Lipinski definition) is 0. The molecule has 1 heterocycles. The number of methoxy groups -OCH3 is 1. The van der Waals surface area contributed by atoms with Gasteiger partial charge in [-0.25, -0.2) is 0 Å². The number of carbonyl (C=O) groups excluding carboxylic acids is 1. The minimum absolute atomic E-state index is 0.0188. The Morgan fingerprint density at radius 3 is 2.84 bits per heavy atom. The van der Waals surface area contributed by atoms with E-state index >= 15 is 0 Å². The highest BCUT2D eigenvalue weighted by atomic mass is 35.5. The Bertz CT molecular complexity index is 487. The van der Waals surface area contributed by atoms with Crippen molar-refractivity contribution in [3.05, 3.63) is 28.3 Å². The fourth-order valence-corrected chi connectivity index (χ4v) is 2.70. The van der Waals surface area contributed by atoms with Crippen molar-refractivity contribution in [3.8, 4) is 5.75 Å². The summed E-state index contributed by atoms with van der Waals surface area (Å²) in [6.07, 6.45) is 2.25. The third kappa shape index (κ3) is 3.03. The van der Waals surface area contributed by atoms with E-state index in [1.807, 2.05) is 17.9 Å². The molecule has 1 aromatic carbocycles. The van der Waals surface area contributed by atoms with Crippen LogP contribution in [0.4, 0.5) is 0 Å². The summed E-state index contributed by atoms with van der Waals surface area (Å²) in [6, 6.07) is 3.54. The lowest BCUT2D eigenvalue weighted by atomic mass is 9.99. The Balaban J connectivity index is 2.30. The lowest BCUT2D eigenvalue weighted by Crippen LogP contribution is -2.39. The van der Waals surface area contributed by atoms with Gasteiger partial charge in [-0.15, -0.1) is 0 Å². The molecule has 1 saturated heterocycles. The van der Waals surface area contributed by atoms with Crippen LogP contribution in [0, 0.1) is 12.8 Å². The van der Waals surface area contributed by atoms with Crippen LogP contribution in [0.3, 0.4) is 0 Å². The first-order valence-corrected chi connectivity index (χ1v) is 7.04. The van der Waals surface area contributed by atoms with Crippen molar-refractivity contribution in [2.45, 2.75) is 26.7 Å². The van der Waals surface area contributed by atoms with Gasteiger partial charge in [0.25, 0.3) is 5.91 Å². The molecule has 0 aliphatic carbocycles. The maximum absolute atomic E-state index is 12.6. The zero-order valence-corrected chi connectivity index (χ0v) is 12.5. The van der Waals surface area contributed by atoms with E-state index in [4.69, 9.17) is 16.3 Å². The first-order valence-electron chi connectivity index (χ1n) is 6.66. The third-order valence-corrected chi connectivity index (χ3v) is 4.06. The van der Waals surface area contributed by atoms with Crippen LogP contribution in [0.25, 0.3) is 0 Å². The summed E-state index contributed by atoms with van der Waals surface area (Å²) in [5, 5.41) is 0.606. The van der Waals surface area contributed by atoms with Crippen molar-refractivity contribution in [2.24, 2.45) is 5.92 Å². The average Bonchev–Trinajstić information content (AvgIpc) is 2.40. The number of piperidine rings is 1. The van der Waals surface area contributed by atoms with Crippen LogP contribution in [0.1, 0.15) is 35.7 Å². The Hall–Kier alpha value is -1.22. The monoisotopic (exact) mass is 281 g/mol. The molecule has 1 aliphatic heterocycles. The number of halogens is 1. The topological polar surface area (TPSA) is 29.5 Å². The summed E-state index contributed by atoms with van der Waals surface area (Å²) in [5.41, 5.74) is 1.48. The predicted octanol–water partition coefficient (Wildman–Crippen LogP) is 3.53. The Morgan fingerprint density at radius 1 is 1.47 bits per heavy atom. The normalized spacial score (nSPS) is 19.4. The minimum atomic E-state index is 0.0188. The van der Waals surface area contributed by atoms with Crippen LogP contribution in [0.2, 0.25) is 5.02 Å². The standard InChI is InChI=1S/C15H20ClNO2/c1-10-5-4-6-17(9-10)15(18)12-8-13(16)11(2)7-14(12)19-3/h7-8,10H,4-6,9H2,1-3H3. The van der Waals surface area contributed by atoms with E-state index in [2.05, 4.69) is 6.92 Å². The zero-order chi connectivity index (χ0) is 14.0. The number of likely N-dealkylation sites (tertiary alicyclic amines) is 1. The third-order valence-electron chi connectivity index (χ3n) is 3.66. The number of ether oxygens (including phenoxy) is 1. The fourth-order valence-electron chi connectivity index (χ4n) is 2.54. The van der Waals surface area contributed by atoms with E-state index in [1.54, 1.807) is 13.2 Å². The maximum atomic E-state index is 12.6. The van der Waals surface area contributed by atoms with E-state index in [9.17, 15) is 4.79 Å². The molecule has 1 aliphatic rings. The van der Waals surface area contributed by atoms with Crippen molar-refractivity contribution < 1.29 is 9.53 Å². The molecule has 1 atom stereocenters. The number of aryl methyl sites for hydroxylation is 1. The van der Waals surface area contributed by atoms with Crippen molar-refractivity contribution in [3.63, 3.8) is 0 Å². The lowest BCUT2D eigenvalue weighted by molar-refractivity contribution is 0.0679. The fraction of sp³-hybridized carbons (Fsp3) is 0.533. The Labute approximate surface area is 119 Å². The van der Waals surface area contributed by atoms with Crippen molar-refractivity contribution >= 4 is 17.5 Å². The van der Waals surface area contributed by atoms with Gasteiger partial charge in [0, 0.05) is 18.1 Å². The predicted molar refractivity (Wildman–Crippen MR) is 77.0 cm³/mol. The quantitative estimate of drug-likeness (QED) is 0.830. The highest BCUT2D eigenvalue weighted by Crippen LogP contribution is 2.29. The summed E-state index contributed by atoms with van der Waals surface area (Å²) in [4.78, 5) is 14.5. The van der Waals surface area contributed by atoms with Gasteiger partial charge in [-0.3, -0.25) is 4.79 Å². The molecule has 19 heavy (non-hydrogen) atoms. The van der Waals surface area contributed by atoms with Gasteiger partial charge >= 0.3 is 0 Å². The molecule has 0 bridgehead atoms. The van der Waals surface area contributed by atoms with Gasteiger partial charge in [-0.1, -0.05) is 18.5 Å². The number of nitrogens with zero attached hydrogens (tertiary/aromatic N) is 1. The average molecular weight is 282 g/mol. The minimum Gasteiger partial charge on any atom is -0.496 e. The molecule has 0 spiro atoms. The Kier molecular flexibility index (Phi) is 4.35. The largest absolute Gasteiger partial charge is 0.496 e. The molecule has 0 N–H and O–H groups in total. The van der Waals surface area contributed by atoms with Gasteiger partial charge in [0.15, 0.2) is 0 Å². The van der Waals surface area contributed by atoms with Gasteiger partial charge in [-0.2, -0.15) is 0 Å². The van der Waals surface area contributed by atoms with Crippen LogP contribution in [-0.4, -0.2) is 31.0 Å². The highest BCUT2D eigenvalue weighted by Gasteiger charge is 2.24. The second-order valence-electron chi connectivity index (χ2n) is 5.30. The summed E-state index contributed by atoms with van der Waals surface area (Å²) < 4.78 is 5.31. The maximum Gasteiger partial charge on any atom is 0.257 e. The van der Waals surface area contributed by atoms with Crippen molar-refractivity contribution in [1.29, 1.82) is 0 Å². The van der Waals surface area contributed by atoms with Crippen LogP contribution in [0.15, 0.2) is 12.1 Å². The number of amides is 1. The van der Waals surface area contributed by atoms with Crippen molar-refractivity contribution in [1.82, 2.24) is 4.90 Å². The highest BCUT2D eigenvalue weighted by molar-refractivity contribution is 6.31. The first-order chi connectivity index (χ1) is 9.02. The number of rotatable bonds is 2. The molecule has 1 aromatic rings. The van der Waals surface area contributed by atoms with Gasteiger partial charge in [0.1, 0.15) is 5.75 Å². The van der Waals surface area contributed by atoms with Gasteiger partial charge < -0.3 is 9.64 Å². The number of benzene rings is 1. The lowest BCUT2D eigenvalue weighted by Gasteiger charge is -2.31. The van der Waals surface area contributed by atoms with E-state index in [1.165, 1.54) is 6.42 Å². The summed E-state index contributed by atoms with van der Waals surface area (Å²) in [6.45, 7) is 5.71. The van der Waals surface area contributed by atoms with Crippen molar-refractivity contribution in [2.75, 3.05) is 20.2 Å². The second-order valence-corrected chi connectivity index (χ2v) is 5.71. The van der Waals surface area contributed by atoms with Gasteiger partial charge in [0.2, 0.25) is 0 Å². The SMILES string of the molecule is COc1cc(C)c(Cl)cc1C(=O)N1CCCC(C)C1. The van der Waals surface area contributed by atoms with Gasteiger partial charge in [-0.05, 0) is 43.4 Å². The molecule has 0 radical (unpaired) electrons. The molecule has 1 amide bonds. The molecule has 1 fully saturated rings. The van der Waals surface area contributed by atoms with E-state index in [-0.39, 0.29) is 5.91 Å². The number of hydrogen-bond acceptors (Lipinski definition) is 2. The molecular weight excluding hydrogens is 262 g/mol. The van der Waals surface area contributed by atoms with Crippen LogP contribution < -0.4 is 4.74 Å². The molecule has 0 saturated carbocycles. The molecule has 1 unspecified atom stereocenters. The second kappa shape index (κ2) is 5.83. The Morgan fingerprint density at radius 2 is 2.21 bits per heavy atom. The summed E-state index contributed by atoms with van der Waals surface area (Å²) >= 11 is 6.13. The van der Waals surface area contributed by atoms with Crippen LogP contribution in [0.5, 0.6) is 5.75 Å². The van der Waals surface area contributed by atoms with E-state index in [0.29, 0.717) is 22.3 Å². The zero-order valence-electron chi connectivity index (χ0n) is 11.7. The molecule has 104 valence electrons. The van der Waals surface area contributed by atoms with E-state index < -0.39 is 0 Å². The van der Waals surface area contributed by atoms with Crippen LogP contribution in [-0.2, 0) is 0 Å². The van der Waals surface area contributed by atoms with Crippen LogP contribution >= 0.6 is 11.6 Å². The van der Waals surface area contributed by atoms with E-state index in [0.717, 1.165) is 25.1 Å². The molecule has 4 heteroatoms. The molecule has 0 aromatic heterocycles. The molecular formula is C15H20ClNO2. The number of carbonyl (C=O) groups is 1. The smallest absolute Gasteiger partial charge is 0.257 e. The molecule has 3 nitrogen and oxygen atoms in total. The molecule has 2 rings (SSSR count). The summed E-state index contributed by atoms with van der Waals surface area (Å²) in [5.74, 6) is 1.18. The summed E-state index contributed by atoms with van der Waals surface area (Å²) in [7, 11) is 1.58. The first kappa shape index (κ1) is 14.2.